The van der Waals surface area contributed by atoms with E-state index in [1.165, 1.54) is 32.1 Å². The van der Waals surface area contributed by atoms with Gasteiger partial charge in [-0.1, -0.05) is 19.3 Å². The molecule has 2 rings (SSSR count). The van der Waals surface area contributed by atoms with Crippen molar-refractivity contribution in [2.24, 2.45) is 0 Å². The lowest BCUT2D eigenvalue weighted by atomic mass is 9.95. The predicted octanol–water partition coefficient (Wildman–Crippen LogP) is 3.16. The number of unbranched alkanes of at least 4 members (excludes halogenated alkanes) is 1. The molecule has 1 aromatic carbocycles. The number of halogens is 3. The largest absolute Gasteiger partial charge is 0.573 e. The zero-order valence-corrected chi connectivity index (χ0v) is 17.2. The maximum absolute atomic E-state index is 12.2. The van der Waals surface area contributed by atoms with Crippen LogP contribution in [0.3, 0.4) is 0 Å². The van der Waals surface area contributed by atoms with Crippen molar-refractivity contribution in [1.29, 1.82) is 0 Å². The second kappa shape index (κ2) is 11.7. The first kappa shape index (κ1) is 23.9. The van der Waals surface area contributed by atoms with Crippen LogP contribution >= 0.6 is 0 Å². The van der Waals surface area contributed by atoms with Gasteiger partial charge in [0, 0.05) is 25.7 Å². The summed E-state index contributed by atoms with van der Waals surface area (Å²) in [5, 5.41) is 6.89. The fourth-order valence-corrected chi connectivity index (χ4v) is 4.36. The smallest absolute Gasteiger partial charge is 0.406 e. The number of ether oxygens (including phenoxy) is 1. The van der Waals surface area contributed by atoms with Crippen molar-refractivity contribution in [3.8, 4) is 5.75 Å². The summed E-state index contributed by atoms with van der Waals surface area (Å²) in [7, 11) is -3.75. The molecule has 6 nitrogen and oxygen atoms in total. The molecule has 1 aromatic rings. The fraction of sp³-hybridized carbons (Fsp3) is 0.684. The molecule has 1 saturated carbocycles. The molecule has 0 saturated heterocycles. The molecule has 10 heteroatoms. The van der Waals surface area contributed by atoms with Crippen LogP contribution in [0.2, 0.25) is 0 Å². The first-order valence-electron chi connectivity index (χ1n) is 10.1. The Morgan fingerprint density at radius 1 is 0.931 bits per heavy atom. The first-order valence-corrected chi connectivity index (χ1v) is 11.5. The van der Waals surface area contributed by atoms with Gasteiger partial charge in [-0.2, -0.15) is 0 Å². The number of hydrogen-bond donors (Lipinski definition) is 3. The number of rotatable bonds is 12. The van der Waals surface area contributed by atoms with E-state index in [2.05, 4.69) is 20.1 Å². The van der Waals surface area contributed by atoms with E-state index in [9.17, 15) is 21.6 Å². The Labute approximate surface area is 170 Å². The zero-order chi connectivity index (χ0) is 21.2. The van der Waals surface area contributed by atoms with Gasteiger partial charge in [0.2, 0.25) is 10.0 Å². The fourth-order valence-electron chi connectivity index (χ4n) is 3.28. The van der Waals surface area contributed by atoms with E-state index in [1.54, 1.807) is 0 Å². The molecule has 0 radical (unpaired) electrons. The van der Waals surface area contributed by atoms with Gasteiger partial charge in [0.25, 0.3) is 0 Å². The molecule has 1 fully saturated rings. The maximum Gasteiger partial charge on any atom is 0.573 e. The van der Waals surface area contributed by atoms with Gasteiger partial charge in [0.05, 0.1) is 4.90 Å². The van der Waals surface area contributed by atoms with E-state index in [-0.39, 0.29) is 11.4 Å². The summed E-state index contributed by atoms with van der Waals surface area (Å²) in [5.41, 5.74) is 0. The minimum Gasteiger partial charge on any atom is -0.406 e. The van der Waals surface area contributed by atoms with Gasteiger partial charge < -0.3 is 15.4 Å². The molecule has 0 aromatic heterocycles. The zero-order valence-electron chi connectivity index (χ0n) is 16.4. The summed E-state index contributed by atoms with van der Waals surface area (Å²) in [6, 6.07) is 4.78. The third kappa shape index (κ3) is 9.79. The monoisotopic (exact) mass is 437 g/mol. The molecule has 0 aliphatic heterocycles. The van der Waals surface area contributed by atoms with E-state index in [0.29, 0.717) is 12.5 Å². The van der Waals surface area contributed by atoms with Crippen LogP contribution in [0.5, 0.6) is 5.75 Å². The van der Waals surface area contributed by atoms with Crippen LogP contribution in [-0.4, -0.2) is 47.0 Å². The van der Waals surface area contributed by atoms with E-state index in [1.807, 2.05) is 0 Å². The Hall–Kier alpha value is -1.36. The van der Waals surface area contributed by atoms with Crippen molar-refractivity contribution >= 4 is 10.0 Å². The van der Waals surface area contributed by atoms with Crippen molar-refractivity contribution in [3.63, 3.8) is 0 Å². The lowest BCUT2D eigenvalue weighted by Crippen LogP contribution is -2.36. The van der Waals surface area contributed by atoms with Gasteiger partial charge in [0.1, 0.15) is 5.75 Å². The predicted molar refractivity (Wildman–Crippen MR) is 105 cm³/mol. The first-order chi connectivity index (χ1) is 13.8. The Morgan fingerprint density at radius 2 is 1.59 bits per heavy atom. The van der Waals surface area contributed by atoms with Gasteiger partial charge in [-0.15, -0.1) is 13.2 Å². The SMILES string of the molecule is O=S(=O)(NCCCCNCCNC1CCCCC1)c1ccc(OC(F)(F)F)cc1. The standard InChI is InChI=1S/C19H30F3N3O3S/c20-19(21,22)28-17-8-10-18(11-9-17)29(26,27)25-13-5-4-12-23-14-15-24-16-6-2-1-3-7-16/h8-11,16,23-25H,1-7,12-15H2. The highest BCUT2D eigenvalue weighted by Gasteiger charge is 2.31. The molecule has 0 unspecified atom stereocenters. The molecule has 0 amide bonds. The van der Waals surface area contributed by atoms with Crippen molar-refractivity contribution in [2.45, 2.75) is 62.2 Å². The number of alkyl halides is 3. The van der Waals surface area contributed by atoms with Crippen LogP contribution in [0.15, 0.2) is 29.2 Å². The van der Waals surface area contributed by atoms with Crippen LogP contribution < -0.4 is 20.1 Å². The molecule has 1 aliphatic rings. The van der Waals surface area contributed by atoms with Crippen LogP contribution in [0.1, 0.15) is 44.9 Å². The van der Waals surface area contributed by atoms with Crippen LogP contribution in [0.4, 0.5) is 13.2 Å². The van der Waals surface area contributed by atoms with Gasteiger partial charge in [-0.05, 0) is 56.5 Å². The molecular weight excluding hydrogens is 407 g/mol. The summed E-state index contributed by atoms with van der Waals surface area (Å²) >= 11 is 0. The van der Waals surface area contributed by atoms with E-state index in [4.69, 9.17) is 0 Å². The number of hydrogen-bond acceptors (Lipinski definition) is 5. The second-order valence-electron chi connectivity index (χ2n) is 7.16. The van der Waals surface area contributed by atoms with E-state index in [0.717, 1.165) is 50.3 Å². The minimum atomic E-state index is -4.81. The Morgan fingerprint density at radius 3 is 2.24 bits per heavy atom. The van der Waals surface area contributed by atoms with Crippen molar-refractivity contribution in [1.82, 2.24) is 15.4 Å². The average Bonchev–Trinajstić information content (AvgIpc) is 2.66. The molecule has 29 heavy (non-hydrogen) atoms. The van der Waals surface area contributed by atoms with Crippen molar-refractivity contribution in [3.05, 3.63) is 24.3 Å². The third-order valence-corrected chi connectivity index (χ3v) is 6.26. The average molecular weight is 438 g/mol. The van der Waals surface area contributed by atoms with Gasteiger partial charge in [-0.25, -0.2) is 13.1 Å². The minimum absolute atomic E-state index is 0.0982. The summed E-state index contributed by atoms with van der Waals surface area (Å²) < 4.78 is 66.9. The van der Waals surface area contributed by atoms with Crippen molar-refractivity contribution in [2.75, 3.05) is 26.2 Å². The Balaban J connectivity index is 1.55. The number of sulfonamides is 1. The maximum atomic E-state index is 12.2. The van der Waals surface area contributed by atoms with Gasteiger partial charge in [0.15, 0.2) is 0 Å². The summed E-state index contributed by atoms with van der Waals surface area (Å²) in [4.78, 5) is -0.0982. The molecule has 0 bridgehead atoms. The van der Waals surface area contributed by atoms with Crippen LogP contribution in [0.25, 0.3) is 0 Å². The lowest BCUT2D eigenvalue weighted by molar-refractivity contribution is -0.274. The molecule has 166 valence electrons. The molecule has 1 aliphatic carbocycles. The Bertz CT molecular complexity index is 691. The van der Waals surface area contributed by atoms with Gasteiger partial charge in [-0.3, -0.25) is 0 Å². The quantitative estimate of drug-likeness (QED) is 0.438. The number of nitrogens with one attached hydrogen (secondary N) is 3. The summed E-state index contributed by atoms with van der Waals surface area (Å²) in [5.74, 6) is -0.458. The second-order valence-corrected chi connectivity index (χ2v) is 8.93. The summed E-state index contributed by atoms with van der Waals surface area (Å²) in [6.45, 7) is 2.89. The van der Waals surface area contributed by atoms with E-state index < -0.39 is 22.1 Å². The topological polar surface area (TPSA) is 79.5 Å². The van der Waals surface area contributed by atoms with E-state index >= 15 is 0 Å². The van der Waals surface area contributed by atoms with Crippen molar-refractivity contribution < 1.29 is 26.3 Å². The summed E-state index contributed by atoms with van der Waals surface area (Å²) in [6.07, 6.45) is 3.17. The van der Waals surface area contributed by atoms with Crippen LogP contribution in [-0.2, 0) is 10.0 Å². The highest BCUT2D eigenvalue weighted by molar-refractivity contribution is 7.89. The number of benzene rings is 1. The highest BCUT2D eigenvalue weighted by Crippen LogP contribution is 2.23. The third-order valence-electron chi connectivity index (χ3n) is 4.78. The molecular formula is C19H30F3N3O3S. The molecule has 0 spiro atoms. The van der Waals surface area contributed by atoms with Gasteiger partial charge >= 0.3 is 6.36 Å². The lowest BCUT2D eigenvalue weighted by Gasteiger charge is -2.22. The van der Waals surface area contributed by atoms with Crippen LogP contribution in [0, 0.1) is 0 Å². The molecule has 3 N–H and O–H groups in total. The Kier molecular flexibility index (Phi) is 9.67. The molecule has 0 atom stereocenters. The molecule has 0 heterocycles. The highest BCUT2D eigenvalue weighted by atomic mass is 32.2. The normalized spacial score (nSPS) is 16.1.